The zero-order chi connectivity index (χ0) is 12.3. The van der Waals surface area contributed by atoms with Crippen LogP contribution in [0.25, 0.3) is 0 Å². The van der Waals surface area contributed by atoms with Crippen molar-refractivity contribution in [3.63, 3.8) is 0 Å². The fourth-order valence-corrected chi connectivity index (χ4v) is 1.09. The van der Waals surface area contributed by atoms with Gasteiger partial charge in [-0.25, -0.2) is 0 Å². The van der Waals surface area contributed by atoms with E-state index in [1.54, 1.807) is 6.92 Å². The number of hydrogen-bond acceptors (Lipinski definition) is 6. The highest BCUT2D eigenvalue weighted by molar-refractivity contribution is 5.61. The molecule has 0 saturated heterocycles. The fourth-order valence-electron chi connectivity index (χ4n) is 1.09. The summed E-state index contributed by atoms with van der Waals surface area (Å²) in [7, 11) is 0. The summed E-state index contributed by atoms with van der Waals surface area (Å²) in [4.78, 5) is 19.3. The molecule has 8 heteroatoms. The molecule has 0 aliphatic carbocycles. The van der Waals surface area contributed by atoms with Crippen LogP contribution < -0.4 is 4.74 Å². The Morgan fingerprint density at radius 1 is 1.31 bits per heavy atom. The van der Waals surface area contributed by atoms with E-state index in [0.717, 1.165) is 6.07 Å². The summed E-state index contributed by atoms with van der Waals surface area (Å²) in [6.45, 7) is 1.72. The first kappa shape index (κ1) is 11.7. The Labute approximate surface area is 89.4 Å². The van der Waals surface area contributed by atoms with Gasteiger partial charge in [-0.3, -0.25) is 20.2 Å². The lowest BCUT2D eigenvalue weighted by Gasteiger charge is -2.05. The van der Waals surface area contributed by atoms with Crippen LogP contribution in [0.2, 0.25) is 0 Å². The molecule has 1 aromatic rings. The molecule has 0 heterocycles. The van der Waals surface area contributed by atoms with Crippen LogP contribution in [-0.4, -0.2) is 21.6 Å². The van der Waals surface area contributed by atoms with Crippen molar-refractivity contribution >= 4 is 11.4 Å². The van der Waals surface area contributed by atoms with Crippen LogP contribution in [0, 0.1) is 20.2 Å². The minimum absolute atomic E-state index is 0.131. The van der Waals surface area contributed by atoms with Gasteiger partial charge in [0.25, 0.3) is 5.69 Å². The number of phenolic OH excluding ortho intramolecular Hbond substituents is 1. The predicted octanol–water partition coefficient (Wildman–Crippen LogP) is 1.61. The van der Waals surface area contributed by atoms with E-state index in [4.69, 9.17) is 4.74 Å². The number of rotatable bonds is 4. The third kappa shape index (κ3) is 2.16. The van der Waals surface area contributed by atoms with Gasteiger partial charge in [0.1, 0.15) is 0 Å². The summed E-state index contributed by atoms with van der Waals surface area (Å²) < 4.78 is 4.86. The molecule has 8 nitrogen and oxygen atoms in total. The zero-order valence-corrected chi connectivity index (χ0v) is 8.24. The molecule has 0 atom stereocenters. The molecule has 0 aliphatic rings. The highest BCUT2D eigenvalue weighted by Crippen LogP contribution is 2.39. The van der Waals surface area contributed by atoms with Gasteiger partial charge < -0.3 is 9.84 Å². The lowest BCUT2D eigenvalue weighted by atomic mass is 10.2. The van der Waals surface area contributed by atoms with Crippen LogP contribution in [0.15, 0.2) is 12.1 Å². The van der Waals surface area contributed by atoms with Crippen molar-refractivity contribution in [1.29, 1.82) is 0 Å². The maximum absolute atomic E-state index is 10.5. The van der Waals surface area contributed by atoms with E-state index < -0.39 is 27.0 Å². The first-order valence-electron chi connectivity index (χ1n) is 4.26. The summed E-state index contributed by atoms with van der Waals surface area (Å²) in [5.74, 6) is -0.985. The Morgan fingerprint density at radius 2 is 1.94 bits per heavy atom. The van der Waals surface area contributed by atoms with E-state index in [9.17, 15) is 25.3 Å². The lowest BCUT2D eigenvalue weighted by molar-refractivity contribution is -0.394. The van der Waals surface area contributed by atoms with Gasteiger partial charge in [0.15, 0.2) is 5.75 Å². The minimum Gasteiger partial charge on any atom is -0.500 e. The molecule has 0 spiro atoms. The quantitative estimate of drug-likeness (QED) is 0.618. The fraction of sp³-hybridized carbons (Fsp3) is 0.250. The monoisotopic (exact) mass is 228 g/mol. The van der Waals surface area contributed by atoms with Gasteiger partial charge in [-0.1, -0.05) is 0 Å². The largest absolute Gasteiger partial charge is 0.500 e. The topological polar surface area (TPSA) is 116 Å². The normalized spacial score (nSPS) is 9.81. The Balaban J connectivity index is 3.38. The maximum atomic E-state index is 10.5. The van der Waals surface area contributed by atoms with Crippen molar-refractivity contribution in [3.05, 3.63) is 32.4 Å². The minimum atomic E-state index is -0.912. The molecule has 0 amide bonds. The van der Waals surface area contributed by atoms with Gasteiger partial charge in [-0.15, -0.1) is 0 Å². The molecule has 0 radical (unpaired) electrons. The molecule has 16 heavy (non-hydrogen) atoms. The smallest absolute Gasteiger partial charge is 0.321 e. The molecule has 1 aromatic carbocycles. The molecular weight excluding hydrogens is 220 g/mol. The van der Waals surface area contributed by atoms with Crippen LogP contribution in [0.4, 0.5) is 11.4 Å². The van der Waals surface area contributed by atoms with Crippen molar-refractivity contribution < 1.29 is 19.7 Å². The Hall–Kier alpha value is -2.38. The van der Waals surface area contributed by atoms with Crippen LogP contribution >= 0.6 is 0 Å². The van der Waals surface area contributed by atoms with E-state index in [1.165, 1.54) is 0 Å². The number of hydrogen-bond donors (Lipinski definition) is 1. The molecular formula is C8H8N2O6. The van der Waals surface area contributed by atoms with Crippen molar-refractivity contribution in [2.24, 2.45) is 0 Å². The molecule has 0 fully saturated rings. The summed E-state index contributed by atoms with van der Waals surface area (Å²) in [5, 5.41) is 30.4. The summed E-state index contributed by atoms with van der Waals surface area (Å²) in [6.07, 6.45) is 0. The van der Waals surface area contributed by atoms with E-state index in [2.05, 4.69) is 0 Å². The Bertz CT molecular complexity index is 444. The first-order valence-corrected chi connectivity index (χ1v) is 4.26. The van der Waals surface area contributed by atoms with Crippen LogP contribution in [0.3, 0.4) is 0 Å². The molecule has 1 rings (SSSR count). The van der Waals surface area contributed by atoms with Crippen molar-refractivity contribution in [3.8, 4) is 11.5 Å². The maximum Gasteiger partial charge on any atom is 0.321 e. The summed E-state index contributed by atoms with van der Waals surface area (Å²) >= 11 is 0. The van der Waals surface area contributed by atoms with Gasteiger partial charge in [-0.2, -0.15) is 0 Å². The summed E-state index contributed by atoms with van der Waals surface area (Å²) in [5.41, 5.74) is -1.26. The second kappa shape index (κ2) is 4.43. The van der Waals surface area contributed by atoms with Gasteiger partial charge in [0.2, 0.25) is 5.75 Å². The van der Waals surface area contributed by atoms with E-state index in [0.29, 0.717) is 6.07 Å². The first-order chi connectivity index (χ1) is 7.47. The van der Waals surface area contributed by atoms with E-state index in [-0.39, 0.29) is 12.4 Å². The molecule has 86 valence electrons. The Kier molecular flexibility index (Phi) is 3.24. The molecule has 1 N–H and O–H groups in total. The van der Waals surface area contributed by atoms with Gasteiger partial charge in [0.05, 0.1) is 28.6 Å². The number of benzene rings is 1. The van der Waals surface area contributed by atoms with Crippen LogP contribution in [0.5, 0.6) is 11.5 Å². The number of nitro benzene ring substituents is 2. The van der Waals surface area contributed by atoms with Crippen LogP contribution in [0.1, 0.15) is 6.92 Å². The number of nitro groups is 2. The van der Waals surface area contributed by atoms with Crippen molar-refractivity contribution in [2.75, 3.05) is 6.61 Å². The third-order valence-electron chi connectivity index (χ3n) is 1.75. The Morgan fingerprint density at radius 3 is 2.38 bits per heavy atom. The molecule has 0 aliphatic heterocycles. The van der Waals surface area contributed by atoms with Gasteiger partial charge in [0, 0.05) is 0 Å². The average molecular weight is 228 g/mol. The third-order valence-corrected chi connectivity index (χ3v) is 1.75. The summed E-state index contributed by atoms with van der Waals surface area (Å²) in [6, 6.07) is 1.61. The highest BCUT2D eigenvalue weighted by Gasteiger charge is 2.24. The van der Waals surface area contributed by atoms with Crippen LogP contribution in [-0.2, 0) is 0 Å². The molecule has 0 aromatic heterocycles. The second-order valence-electron chi connectivity index (χ2n) is 2.76. The second-order valence-corrected chi connectivity index (χ2v) is 2.76. The van der Waals surface area contributed by atoms with E-state index >= 15 is 0 Å². The van der Waals surface area contributed by atoms with E-state index in [1.807, 2.05) is 0 Å². The lowest BCUT2D eigenvalue weighted by Crippen LogP contribution is -1.98. The number of ether oxygens (including phenoxy) is 1. The SMILES string of the molecule is CCOc1cc([N+](=O)[O-])cc([N+](=O)[O-])c1O. The number of nitrogens with zero attached hydrogens (tertiary/aromatic N) is 2. The predicted molar refractivity (Wildman–Crippen MR) is 52.6 cm³/mol. The number of aromatic hydroxyl groups is 1. The molecule has 0 unspecified atom stereocenters. The number of non-ortho nitro benzene ring substituents is 1. The highest BCUT2D eigenvalue weighted by atomic mass is 16.6. The zero-order valence-electron chi connectivity index (χ0n) is 8.24. The number of phenols is 1. The van der Waals surface area contributed by atoms with Gasteiger partial charge >= 0.3 is 5.69 Å². The van der Waals surface area contributed by atoms with Crippen molar-refractivity contribution in [2.45, 2.75) is 6.92 Å². The molecule has 0 saturated carbocycles. The average Bonchev–Trinajstić information content (AvgIpc) is 2.20. The standard InChI is InChI=1S/C8H8N2O6/c1-2-16-7-4-5(9(12)13)3-6(8(7)11)10(14)15/h3-4,11H,2H2,1H3. The van der Waals surface area contributed by atoms with Crippen molar-refractivity contribution in [1.82, 2.24) is 0 Å². The van der Waals surface area contributed by atoms with Gasteiger partial charge in [-0.05, 0) is 6.92 Å². The molecule has 0 bridgehead atoms.